The molecule has 0 bridgehead atoms. The topological polar surface area (TPSA) is 112 Å². The quantitative estimate of drug-likeness (QED) is 0.478. The van der Waals surface area contributed by atoms with E-state index in [2.05, 4.69) is 15.4 Å². The second-order valence-corrected chi connectivity index (χ2v) is 6.84. The number of carbonyl (C=O) groups excluding carboxylic acids is 1. The Hall–Kier alpha value is -3.27. The lowest BCUT2D eigenvalue weighted by atomic mass is 10.2. The molecule has 0 aliphatic carbocycles. The molecule has 0 aliphatic rings. The maximum atomic E-state index is 12.3. The Labute approximate surface area is 165 Å². The molecule has 1 aromatic carbocycles. The van der Waals surface area contributed by atoms with Gasteiger partial charge in [-0.3, -0.25) is 19.6 Å². The second kappa shape index (κ2) is 8.17. The Kier molecular flexibility index (Phi) is 5.69. The largest absolute Gasteiger partial charge is 0.494 e. The summed E-state index contributed by atoms with van der Waals surface area (Å²) in [5.41, 5.74) is 2.20. The Morgan fingerprint density at radius 3 is 2.64 bits per heavy atom. The zero-order chi connectivity index (χ0) is 20.3. The van der Waals surface area contributed by atoms with Crippen LogP contribution < -0.4 is 10.1 Å². The van der Waals surface area contributed by atoms with E-state index in [1.165, 1.54) is 16.0 Å². The van der Waals surface area contributed by atoms with Crippen molar-refractivity contribution < 1.29 is 14.5 Å². The molecule has 0 atom stereocenters. The smallest absolute Gasteiger partial charge is 0.312 e. The van der Waals surface area contributed by atoms with Crippen LogP contribution in [0.4, 0.5) is 10.8 Å². The van der Waals surface area contributed by atoms with Gasteiger partial charge in [-0.2, -0.15) is 5.10 Å². The van der Waals surface area contributed by atoms with E-state index in [4.69, 9.17) is 4.74 Å². The molecule has 1 amide bonds. The van der Waals surface area contributed by atoms with Crippen LogP contribution >= 0.6 is 11.3 Å². The lowest BCUT2D eigenvalue weighted by molar-refractivity contribution is -0.386. The van der Waals surface area contributed by atoms with Crippen molar-refractivity contribution in [3.63, 3.8) is 0 Å². The van der Waals surface area contributed by atoms with Crippen LogP contribution in [0.1, 0.15) is 18.3 Å². The third kappa shape index (κ3) is 4.17. The molecule has 9 nitrogen and oxygen atoms in total. The fourth-order valence-corrected chi connectivity index (χ4v) is 3.49. The SMILES string of the molecule is CCOc1ccc(-c2csc(NC(=O)Cn3nc(C)c([N+](=O)[O-])c3C)n2)cc1. The zero-order valence-electron chi connectivity index (χ0n) is 15.6. The molecule has 1 N–H and O–H groups in total. The maximum Gasteiger partial charge on any atom is 0.312 e. The van der Waals surface area contributed by atoms with Crippen molar-refractivity contribution >= 4 is 28.1 Å². The van der Waals surface area contributed by atoms with Crippen molar-refractivity contribution in [3.05, 3.63) is 51.1 Å². The van der Waals surface area contributed by atoms with Crippen LogP contribution in [0.2, 0.25) is 0 Å². The van der Waals surface area contributed by atoms with E-state index in [1.54, 1.807) is 13.8 Å². The summed E-state index contributed by atoms with van der Waals surface area (Å²) in [4.78, 5) is 27.3. The lowest BCUT2D eigenvalue weighted by Gasteiger charge is -2.04. The summed E-state index contributed by atoms with van der Waals surface area (Å²) in [6.07, 6.45) is 0. The number of rotatable bonds is 7. The van der Waals surface area contributed by atoms with Crippen molar-refractivity contribution in [1.82, 2.24) is 14.8 Å². The van der Waals surface area contributed by atoms with Gasteiger partial charge in [-0.15, -0.1) is 11.3 Å². The van der Waals surface area contributed by atoms with Crippen LogP contribution in [0, 0.1) is 24.0 Å². The van der Waals surface area contributed by atoms with E-state index in [1.807, 2.05) is 36.6 Å². The van der Waals surface area contributed by atoms with Gasteiger partial charge in [-0.1, -0.05) is 0 Å². The molecule has 10 heteroatoms. The van der Waals surface area contributed by atoms with E-state index < -0.39 is 4.92 Å². The van der Waals surface area contributed by atoms with Crippen molar-refractivity contribution in [2.75, 3.05) is 11.9 Å². The van der Waals surface area contributed by atoms with Gasteiger partial charge in [0, 0.05) is 10.9 Å². The van der Waals surface area contributed by atoms with E-state index in [0.29, 0.717) is 17.4 Å². The van der Waals surface area contributed by atoms with Gasteiger partial charge >= 0.3 is 5.69 Å². The minimum absolute atomic E-state index is 0.0696. The summed E-state index contributed by atoms with van der Waals surface area (Å²) in [6, 6.07) is 7.54. The van der Waals surface area contributed by atoms with E-state index in [-0.39, 0.29) is 23.8 Å². The van der Waals surface area contributed by atoms with E-state index in [9.17, 15) is 14.9 Å². The first-order valence-electron chi connectivity index (χ1n) is 8.56. The summed E-state index contributed by atoms with van der Waals surface area (Å²) in [6.45, 7) is 5.51. The number of carbonyl (C=O) groups is 1. The molecule has 2 heterocycles. The van der Waals surface area contributed by atoms with Crippen LogP contribution in [0.5, 0.6) is 5.75 Å². The molecular weight excluding hydrogens is 382 g/mol. The molecule has 0 aliphatic heterocycles. The zero-order valence-corrected chi connectivity index (χ0v) is 16.4. The van der Waals surface area contributed by atoms with Gasteiger partial charge in [0.1, 0.15) is 23.7 Å². The number of aromatic nitrogens is 3. The van der Waals surface area contributed by atoms with Crippen molar-refractivity contribution in [3.8, 4) is 17.0 Å². The minimum atomic E-state index is -0.490. The van der Waals surface area contributed by atoms with Gasteiger partial charge in [-0.05, 0) is 45.0 Å². The highest BCUT2D eigenvalue weighted by molar-refractivity contribution is 7.14. The number of nitro groups is 1. The first kappa shape index (κ1) is 19.5. The Bertz CT molecular complexity index is 1010. The third-order valence-electron chi connectivity index (χ3n) is 4.03. The second-order valence-electron chi connectivity index (χ2n) is 5.98. The van der Waals surface area contributed by atoms with Gasteiger partial charge in [0.2, 0.25) is 5.91 Å². The van der Waals surface area contributed by atoms with Crippen LogP contribution in [-0.2, 0) is 11.3 Å². The van der Waals surface area contributed by atoms with Gasteiger partial charge in [0.25, 0.3) is 0 Å². The monoisotopic (exact) mass is 401 g/mol. The number of nitrogens with zero attached hydrogens (tertiary/aromatic N) is 4. The first-order valence-corrected chi connectivity index (χ1v) is 9.44. The van der Waals surface area contributed by atoms with Crippen LogP contribution in [-0.4, -0.2) is 32.2 Å². The number of nitrogens with one attached hydrogen (secondary N) is 1. The molecule has 146 valence electrons. The molecule has 3 aromatic rings. The fourth-order valence-electron chi connectivity index (χ4n) is 2.75. The number of ether oxygens (including phenoxy) is 1. The predicted molar refractivity (Wildman–Crippen MR) is 106 cm³/mol. The first-order chi connectivity index (χ1) is 13.4. The summed E-state index contributed by atoms with van der Waals surface area (Å²) in [5.74, 6) is 0.432. The van der Waals surface area contributed by atoms with Gasteiger partial charge < -0.3 is 10.1 Å². The molecule has 28 heavy (non-hydrogen) atoms. The highest BCUT2D eigenvalue weighted by Gasteiger charge is 2.23. The lowest BCUT2D eigenvalue weighted by Crippen LogP contribution is -2.20. The molecule has 0 fully saturated rings. The summed E-state index contributed by atoms with van der Waals surface area (Å²) in [5, 5.41) is 20.1. The third-order valence-corrected chi connectivity index (χ3v) is 4.79. The maximum absolute atomic E-state index is 12.3. The number of anilines is 1. The fraction of sp³-hybridized carbons (Fsp3) is 0.278. The average molecular weight is 401 g/mol. The van der Waals surface area contributed by atoms with E-state index >= 15 is 0 Å². The number of amides is 1. The summed E-state index contributed by atoms with van der Waals surface area (Å²) >= 11 is 1.30. The molecule has 2 aromatic heterocycles. The molecule has 3 rings (SSSR count). The number of benzene rings is 1. The Morgan fingerprint density at radius 1 is 1.32 bits per heavy atom. The average Bonchev–Trinajstić information content (AvgIpc) is 3.20. The minimum Gasteiger partial charge on any atom is -0.494 e. The predicted octanol–water partition coefficient (Wildman–Crippen LogP) is 3.57. The molecule has 0 radical (unpaired) electrons. The number of hydrogen-bond donors (Lipinski definition) is 1. The van der Waals surface area contributed by atoms with Crippen LogP contribution in [0.25, 0.3) is 11.3 Å². The Balaban J connectivity index is 1.67. The highest BCUT2D eigenvalue weighted by Crippen LogP contribution is 2.27. The van der Waals surface area contributed by atoms with Crippen molar-refractivity contribution in [2.45, 2.75) is 27.3 Å². The van der Waals surface area contributed by atoms with Crippen molar-refractivity contribution in [1.29, 1.82) is 0 Å². The van der Waals surface area contributed by atoms with Crippen molar-refractivity contribution in [2.24, 2.45) is 0 Å². The van der Waals surface area contributed by atoms with Crippen LogP contribution in [0.3, 0.4) is 0 Å². The molecule has 0 spiro atoms. The summed E-state index contributed by atoms with van der Waals surface area (Å²) < 4.78 is 6.74. The number of hydrogen-bond acceptors (Lipinski definition) is 7. The van der Waals surface area contributed by atoms with E-state index in [0.717, 1.165) is 17.0 Å². The molecule has 0 saturated carbocycles. The molecule has 0 unspecified atom stereocenters. The normalized spacial score (nSPS) is 10.7. The van der Waals surface area contributed by atoms with Crippen LogP contribution in [0.15, 0.2) is 29.6 Å². The van der Waals surface area contributed by atoms with Gasteiger partial charge in [0.15, 0.2) is 5.13 Å². The van der Waals surface area contributed by atoms with Gasteiger partial charge in [-0.25, -0.2) is 4.98 Å². The summed E-state index contributed by atoms with van der Waals surface area (Å²) in [7, 11) is 0. The molecular formula is C18H19N5O4S. The number of thiazole rings is 1. The number of aryl methyl sites for hydroxylation is 1. The highest BCUT2D eigenvalue weighted by atomic mass is 32.1. The molecule has 0 saturated heterocycles. The Morgan fingerprint density at radius 2 is 2.04 bits per heavy atom. The standard InChI is InChI=1S/C18H19N5O4S/c1-4-27-14-7-5-13(6-8-14)15-10-28-18(19-15)20-16(24)9-22-12(3)17(23(25)26)11(2)21-22/h5-8,10H,4,9H2,1-3H3,(H,19,20,24). The van der Waals surface area contributed by atoms with Gasteiger partial charge in [0.05, 0.1) is 17.2 Å².